The SMILES string of the molecule is CC.Cc1cc(N)cc2cc(F)c(F)c(OC(O)(O)F)c12. The molecule has 0 aliphatic rings. The molecular weight excluding hydrogens is 287 g/mol. The van der Waals surface area contributed by atoms with E-state index >= 15 is 0 Å². The minimum atomic E-state index is -4.12. The Morgan fingerprint density at radius 2 is 1.71 bits per heavy atom. The van der Waals surface area contributed by atoms with Crippen LogP contribution in [0.1, 0.15) is 19.4 Å². The summed E-state index contributed by atoms with van der Waals surface area (Å²) in [4.78, 5) is 0. The van der Waals surface area contributed by atoms with Gasteiger partial charge in [0.15, 0.2) is 11.6 Å². The van der Waals surface area contributed by atoms with E-state index in [0.717, 1.165) is 6.07 Å². The van der Waals surface area contributed by atoms with Gasteiger partial charge in [-0.1, -0.05) is 13.8 Å². The maximum Gasteiger partial charge on any atom is 0.492 e. The van der Waals surface area contributed by atoms with Crippen molar-refractivity contribution in [3.05, 3.63) is 35.4 Å². The van der Waals surface area contributed by atoms with Gasteiger partial charge in [-0.25, -0.2) is 4.39 Å². The average molecular weight is 303 g/mol. The largest absolute Gasteiger partial charge is 0.492 e. The molecule has 116 valence electrons. The van der Waals surface area contributed by atoms with Crippen LogP contribution in [0.15, 0.2) is 18.2 Å². The molecule has 0 aliphatic carbocycles. The molecule has 0 heterocycles. The van der Waals surface area contributed by atoms with E-state index in [9.17, 15) is 13.2 Å². The van der Waals surface area contributed by atoms with E-state index in [0.29, 0.717) is 11.3 Å². The van der Waals surface area contributed by atoms with Crippen molar-refractivity contribution in [2.75, 3.05) is 5.73 Å². The molecule has 7 heteroatoms. The number of hydrogen-bond acceptors (Lipinski definition) is 4. The molecule has 2 aromatic rings. The summed E-state index contributed by atoms with van der Waals surface area (Å²) in [5.74, 6) is -3.78. The number of hydrogen-bond donors (Lipinski definition) is 3. The van der Waals surface area contributed by atoms with Gasteiger partial charge in [0.2, 0.25) is 5.82 Å². The Morgan fingerprint density at radius 3 is 2.24 bits per heavy atom. The predicted molar refractivity (Wildman–Crippen MR) is 73.3 cm³/mol. The smallest absolute Gasteiger partial charge is 0.409 e. The molecule has 4 N–H and O–H groups in total. The van der Waals surface area contributed by atoms with Crippen molar-refractivity contribution < 1.29 is 28.1 Å². The second kappa shape index (κ2) is 6.19. The lowest BCUT2D eigenvalue weighted by Gasteiger charge is -2.17. The Labute approximate surface area is 119 Å². The number of fused-ring (bicyclic) bond motifs is 1. The molecule has 0 aromatic heterocycles. The number of anilines is 1. The molecule has 0 saturated heterocycles. The summed E-state index contributed by atoms with van der Waals surface area (Å²) >= 11 is 0. The summed E-state index contributed by atoms with van der Waals surface area (Å²) in [5.41, 5.74) is 6.22. The standard InChI is InChI=1S/C12H10F3NO3.C2H6/c1-5-2-7(16)3-6-4-8(13)10(14)11(9(5)6)19-12(15,17)18;1-2/h2-4,17-18H,16H2,1H3;1-2H3. The fourth-order valence-electron chi connectivity index (χ4n) is 1.91. The van der Waals surface area contributed by atoms with Crippen LogP contribution in [0.25, 0.3) is 10.8 Å². The molecule has 0 bridgehead atoms. The first-order valence-electron chi connectivity index (χ1n) is 6.19. The van der Waals surface area contributed by atoms with Crippen LogP contribution in [-0.2, 0) is 0 Å². The first kappa shape index (κ1) is 17.1. The van der Waals surface area contributed by atoms with E-state index < -0.39 is 23.6 Å². The summed E-state index contributed by atoms with van der Waals surface area (Å²) in [5, 5.41) is 17.2. The van der Waals surface area contributed by atoms with Crippen molar-refractivity contribution in [1.82, 2.24) is 0 Å². The summed E-state index contributed by atoms with van der Waals surface area (Å²) in [6.07, 6.45) is -4.12. The second-order valence-corrected chi connectivity index (χ2v) is 4.07. The Morgan fingerprint density at radius 1 is 1.14 bits per heavy atom. The third kappa shape index (κ3) is 3.77. The number of benzene rings is 2. The van der Waals surface area contributed by atoms with Gasteiger partial charge in [0.1, 0.15) is 0 Å². The van der Waals surface area contributed by atoms with Crippen LogP contribution in [-0.4, -0.2) is 16.4 Å². The molecule has 0 unspecified atom stereocenters. The number of halogens is 3. The molecule has 0 radical (unpaired) electrons. The normalized spacial score (nSPS) is 11.0. The van der Waals surface area contributed by atoms with Crippen molar-refractivity contribution in [1.29, 1.82) is 0 Å². The van der Waals surface area contributed by atoms with E-state index in [1.807, 2.05) is 13.8 Å². The van der Waals surface area contributed by atoms with Crippen LogP contribution >= 0.6 is 0 Å². The van der Waals surface area contributed by atoms with Gasteiger partial charge in [0, 0.05) is 11.1 Å². The third-order valence-electron chi connectivity index (χ3n) is 2.54. The van der Waals surface area contributed by atoms with Crippen LogP contribution in [0.3, 0.4) is 0 Å². The number of nitrogen functional groups attached to an aromatic ring is 1. The first-order chi connectivity index (χ1) is 9.69. The van der Waals surface area contributed by atoms with Crippen molar-refractivity contribution in [3.8, 4) is 5.75 Å². The van der Waals surface area contributed by atoms with Crippen molar-refractivity contribution in [2.45, 2.75) is 27.0 Å². The third-order valence-corrected chi connectivity index (χ3v) is 2.54. The highest BCUT2D eigenvalue weighted by Gasteiger charge is 2.29. The van der Waals surface area contributed by atoms with Crippen molar-refractivity contribution in [2.24, 2.45) is 0 Å². The molecule has 0 aliphatic heterocycles. The Kier molecular flexibility index (Phi) is 5.03. The Hall–Kier alpha value is -1.99. The number of aryl methyl sites for hydroxylation is 1. The van der Waals surface area contributed by atoms with Gasteiger partial charge in [-0.2, -0.15) is 4.39 Å². The maximum absolute atomic E-state index is 13.6. The van der Waals surface area contributed by atoms with Gasteiger partial charge in [-0.05, 0) is 36.1 Å². The van der Waals surface area contributed by atoms with E-state index in [1.165, 1.54) is 19.1 Å². The highest BCUT2D eigenvalue weighted by atomic mass is 19.2. The van der Waals surface area contributed by atoms with Crippen molar-refractivity contribution in [3.63, 3.8) is 0 Å². The van der Waals surface area contributed by atoms with Crippen LogP contribution in [0.4, 0.5) is 18.9 Å². The minimum absolute atomic E-state index is 0.00164. The molecule has 2 aromatic carbocycles. The zero-order valence-electron chi connectivity index (χ0n) is 11.7. The highest BCUT2D eigenvalue weighted by molar-refractivity contribution is 5.93. The lowest BCUT2D eigenvalue weighted by molar-refractivity contribution is -0.375. The van der Waals surface area contributed by atoms with Crippen LogP contribution in [0.2, 0.25) is 0 Å². The quantitative estimate of drug-likeness (QED) is 0.589. The van der Waals surface area contributed by atoms with E-state index in [2.05, 4.69) is 4.74 Å². The highest BCUT2D eigenvalue weighted by Crippen LogP contribution is 2.36. The summed E-state index contributed by atoms with van der Waals surface area (Å²) < 4.78 is 43.7. The maximum atomic E-state index is 13.6. The molecular formula is C14H16F3NO3. The molecule has 21 heavy (non-hydrogen) atoms. The van der Waals surface area contributed by atoms with Gasteiger partial charge < -0.3 is 20.7 Å². The second-order valence-electron chi connectivity index (χ2n) is 4.07. The summed E-state index contributed by atoms with van der Waals surface area (Å²) in [6, 6.07) is 3.61. The van der Waals surface area contributed by atoms with Gasteiger partial charge in [-0.15, -0.1) is 4.39 Å². The minimum Gasteiger partial charge on any atom is -0.409 e. The van der Waals surface area contributed by atoms with Gasteiger partial charge in [0.05, 0.1) is 0 Å². The Bertz CT molecular complexity index is 654. The van der Waals surface area contributed by atoms with Crippen LogP contribution < -0.4 is 10.5 Å². The first-order valence-corrected chi connectivity index (χ1v) is 6.19. The number of ether oxygens (including phenoxy) is 1. The van der Waals surface area contributed by atoms with E-state index in [4.69, 9.17) is 15.9 Å². The van der Waals surface area contributed by atoms with Gasteiger partial charge in [-0.3, -0.25) is 0 Å². The van der Waals surface area contributed by atoms with E-state index in [-0.39, 0.29) is 10.8 Å². The van der Waals surface area contributed by atoms with E-state index in [1.54, 1.807) is 0 Å². The molecule has 0 atom stereocenters. The van der Waals surface area contributed by atoms with Crippen LogP contribution in [0, 0.1) is 18.6 Å². The molecule has 0 saturated carbocycles. The fourth-order valence-corrected chi connectivity index (χ4v) is 1.91. The molecule has 0 fully saturated rings. The number of rotatable bonds is 2. The summed E-state index contributed by atoms with van der Waals surface area (Å²) in [7, 11) is 0. The topological polar surface area (TPSA) is 75.7 Å². The van der Waals surface area contributed by atoms with Gasteiger partial charge >= 0.3 is 6.23 Å². The zero-order valence-corrected chi connectivity index (χ0v) is 11.7. The monoisotopic (exact) mass is 303 g/mol. The number of alkyl halides is 1. The number of aliphatic hydroxyl groups is 2. The lowest BCUT2D eigenvalue weighted by atomic mass is 10.0. The van der Waals surface area contributed by atoms with Crippen LogP contribution in [0.5, 0.6) is 5.75 Å². The van der Waals surface area contributed by atoms with Crippen molar-refractivity contribution >= 4 is 16.5 Å². The summed E-state index contributed by atoms with van der Waals surface area (Å²) in [6.45, 7) is 5.51. The van der Waals surface area contributed by atoms with Gasteiger partial charge in [0.25, 0.3) is 0 Å². The fraction of sp³-hybridized carbons (Fsp3) is 0.286. The molecule has 4 nitrogen and oxygen atoms in total. The molecule has 0 spiro atoms. The predicted octanol–water partition coefficient (Wildman–Crippen LogP) is 2.98. The molecule has 0 amide bonds. The molecule has 2 rings (SSSR count). The zero-order chi connectivity index (χ0) is 16.4. The lowest BCUT2D eigenvalue weighted by Crippen LogP contribution is -2.29. The Balaban J connectivity index is 0.00000106. The number of nitrogens with two attached hydrogens (primary N) is 1. The average Bonchev–Trinajstić information content (AvgIpc) is 2.35.